The average molecular weight is 224 g/mol. The van der Waals surface area contributed by atoms with Gasteiger partial charge in [-0.15, -0.1) is 6.58 Å². The third-order valence-electron chi connectivity index (χ3n) is 1.93. The molecule has 0 N–H and O–H groups in total. The van der Waals surface area contributed by atoms with E-state index in [0.717, 1.165) is 4.47 Å². The Hall–Kier alpha value is -0.560. The van der Waals surface area contributed by atoms with Gasteiger partial charge in [0.2, 0.25) is 0 Å². The molecule has 1 aromatic carbocycles. The highest BCUT2D eigenvalue weighted by Gasteiger charge is 2.04. The molecule has 1 radical (unpaired) electrons. The average Bonchev–Trinajstić information content (AvgIpc) is 2.08. The maximum atomic E-state index is 3.99. The minimum atomic E-state index is 0.183. The zero-order valence-corrected chi connectivity index (χ0v) is 8.76. The van der Waals surface area contributed by atoms with Gasteiger partial charge in [0, 0.05) is 10.4 Å². The van der Waals surface area contributed by atoms with Crippen LogP contribution in [0.2, 0.25) is 0 Å². The third-order valence-corrected chi connectivity index (χ3v) is 2.42. The molecule has 1 heteroatoms. The van der Waals surface area contributed by atoms with Gasteiger partial charge in [0.05, 0.1) is 0 Å². The van der Waals surface area contributed by atoms with Crippen molar-refractivity contribution in [3.05, 3.63) is 53.4 Å². The van der Waals surface area contributed by atoms with E-state index in [1.807, 2.05) is 12.1 Å². The van der Waals surface area contributed by atoms with Crippen molar-refractivity contribution in [1.82, 2.24) is 0 Å². The molecule has 0 saturated heterocycles. The van der Waals surface area contributed by atoms with Gasteiger partial charge in [-0.1, -0.05) is 28.1 Å². The van der Waals surface area contributed by atoms with E-state index in [0.29, 0.717) is 0 Å². The van der Waals surface area contributed by atoms with Crippen LogP contribution < -0.4 is 0 Å². The van der Waals surface area contributed by atoms with E-state index in [9.17, 15) is 0 Å². The van der Waals surface area contributed by atoms with E-state index in [1.54, 1.807) is 0 Å². The standard InChI is InChI=1S/C11H12Br/c1-4-8(2)11-7-10(12)6-5-9(11)3/h4-8H,1-2H2,3H3. The van der Waals surface area contributed by atoms with E-state index in [1.165, 1.54) is 11.1 Å². The molecule has 0 aliphatic carbocycles. The lowest BCUT2D eigenvalue weighted by atomic mass is 9.97. The molecule has 0 bridgehead atoms. The largest absolute Gasteiger partial charge is 0.102 e. The topological polar surface area (TPSA) is 0 Å². The van der Waals surface area contributed by atoms with Gasteiger partial charge in [-0.25, -0.2) is 0 Å². The third kappa shape index (κ3) is 1.98. The number of halogens is 1. The second-order valence-corrected chi connectivity index (χ2v) is 3.76. The van der Waals surface area contributed by atoms with Crippen molar-refractivity contribution in [3.63, 3.8) is 0 Å². The highest BCUT2D eigenvalue weighted by molar-refractivity contribution is 9.10. The first kappa shape index (κ1) is 9.53. The molecule has 0 saturated carbocycles. The van der Waals surface area contributed by atoms with Crippen LogP contribution in [-0.4, -0.2) is 0 Å². The fourth-order valence-electron chi connectivity index (χ4n) is 1.14. The highest BCUT2D eigenvalue weighted by atomic mass is 79.9. The van der Waals surface area contributed by atoms with Crippen LogP contribution in [0.3, 0.4) is 0 Å². The van der Waals surface area contributed by atoms with Crippen molar-refractivity contribution in [1.29, 1.82) is 0 Å². The molecule has 0 spiro atoms. The van der Waals surface area contributed by atoms with Crippen LogP contribution in [0, 0.1) is 13.8 Å². The first-order chi connectivity index (χ1) is 5.65. The van der Waals surface area contributed by atoms with Gasteiger partial charge >= 0.3 is 0 Å². The lowest BCUT2D eigenvalue weighted by molar-refractivity contribution is 1.06. The smallest absolute Gasteiger partial charge is 0.0178 e. The number of allylic oxidation sites excluding steroid dienone is 1. The fraction of sp³-hybridized carbons (Fsp3) is 0.182. The second-order valence-electron chi connectivity index (χ2n) is 2.84. The van der Waals surface area contributed by atoms with Gasteiger partial charge in [-0.05, 0) is 37.1 Å². The summed E-state index contributed by atoms with van der Waals surface area (Å²) < 4.78 is 1.10. The molecule has 0 fully saturated rings. The van der Waals surface area contributed by atoms with Crippen LogP contribution in [0.25, 0.3) is 0 Å². The van der Waals surface area contributed by atoms with Crippen LogP contribution in [0.15, 0.2) is 35.3 Å². The van der Waals surface area contributed by atoms with Crippen molar-refractivity contribution in [2.45, 2.75) is 12.8 Å². The molecule has 0 aromatic heterocycles. The molecule has 1 aromatic rings. The minimum absolute atomic E-state index is 0.183. The fourth-order valence-corrected chi connectivity index (χ4v) is 1.52. The lowest BCUT2D eigenvalue weighted by Crippen LogP contribution is -1.92. The van der Waals surface area contributed by atoms with Gasteiger partial charge in [0.15, 0.2) is 0 Å². The number of benzene rings is 1. The Morgan fingerprint density at radius 3 is 2.75 bits per heavy atom. The summed E-state index contributed by atoms with van der Waals surface area (Å²) in [6.45, 7) is 9.81. The molecule has 0 aliphatic heterocycles. The van der Waals surface area contributed by atoms with Gasteiger partial charge in [-0.3, -0.25) is 0 Å². The molecule has 0 nitrogen and oxygen atoms in total. The summed E-state index contributed by atoms with van der Waals surface area (Å²) in [5, 5.41) is 0. The van der Waals surface area contributed by atoms with Crippen LogP contribution in [0.1, 0.15) is 17.0 Å². The van der Waals surface area contributed by atoms with Crippen molar-refractivity contribution in [2.75, 3.05) is 0 Å². The van der Waals surface area contributed by atoms with Gasteiger partial charge in [0.25, 0.3) is 0 Å². The Bertz CT molecular complexity index is 289. The minimum Gasteiger partial charge on any atom is -0.102 e. The van der Waals surface area contributed by atoms with E-state index in [4.69, 9.17) is 0 Å². The number of rotatable bonds is 2. The van der Waals surface area contributed by atoms with Crippen molar-refractivity contribution in [3.8, 4) is 0 Å². The van der Waals surface area contributed by atoms with E-state index < -0.39 is 0 Å². The summed E-state index contributed by atoms with van der Waals surface area (Å²) >= 11 is 3.43. The SMILES string of the molecule is [CH2]C(C=C)c1cc(Br)ccc1C. The summed E-state index contributed by atoms with van der Waals surface area (Å²) in [4.78, 5) is 0. The maximum absolute atomic E-state index is 3.99. The molecule has 0 aliphatic rings. The zero-order chi connectivity index (χ0) is 9.14. The zero-order valence-electron chi connectivity index (χ0n) is 7.18. The summed E-state index contributed by atoms with van der Waals surface area (Å²) in [6.07, 6.45) is 1.86. The molecule has 63 valence electrons. The molecule has 0 heterocycles. The van der Waals surface area contributed by atoms with Gasteiger partial charge < -0.3 is 0 Å². The number of hydrogen-bond donors (Lipinski definition) is 0. The Kier molecular flexibility index (Phi) is 3.10. The van der Waals surface area contributed by atoms with Gasteiger partial charge in [-0.2, -0.15) is 0 Å². The summed E-state index contributed by atoms with van der Waals surface area (Å²) in [5.74, 6) is 0.183. The van der Waals surface area contributed by atoms with E-state index in [2.05, 4.69) is 48.5 Å². The summed E-state index contributed by atoms with van der Waals surface area (Å²) in [7, 11) is 0. The Labute approximate surface area is 82.4 Å². The summed E-state index contributed by atoms with van der Waals surface area (Å²) in [5.41, 5.74) is 2.50. The van der Waals surface area contributed by atoms with Crippen molar-refractivity contribution < 1.29 is 0 Å². The first-order valence-electron chi connectivity index (χ1n) is 3.87. The van der Waals surface area contributed by atoms with E-state index in [-0.39, 0.29) is 5.92 Å². The Morgan fingerprint density at radius 2 is 2.17 bits per heavy atom. The molecular weight excluding hydrogens is 212 g/mol. The van der Waals surface area contributed by atoms with Crippen LogP contribution in [-0.2, 0) is 0 Å². The number of aryl methyl sites for hydroxylation is 1. The van der Waals surface area contributed by atoms with Crippen LogP contribution in [0.4, 0.5) is 0 Å². The molecule has 12 heavy (non-hydrogen) atoms. The Morgan fingerprint density at radius 1 is 1.50 bits per heavy atom. The molecule has 1 atom stereocenters. The van der Waals surface area contributed by atoms with Crippen molar-refractivity contribution in [2.24, 2.45) is 0 Å². The lowest BCUT2D eigenvalue weighted by Gasteiger charge is -2.10. The monoisotopic (exact) mass is 223 g/mol. The van der Waals surface area contributed by atoms with Crippen LogP contribution >= 0.6 is 15.9 Å². The molecule has 1 rings (SSSR count). The van der Waals surface area contributed by atoms with Gasteiger partial charge in [0.1, 0.15) is 0 Å². The van der Waals surface area contributed by atoms with Crippen molar-refractivity contribution >= 4 is 15.9 Å². The predicted octanol–water partition coefficient (Wildman–Crippen LogP) is 3.86. The Balaban J connectivity index is 3.12. The molecular formula is C11H12Br. The van der Waals surface area contributed by atoms with Crippen LogP contribution in [0.5, 0.6) is 0 Å². The second kappa shape index (κ2) is 3.90. The quantitative estimate of drug-likeness (QED) is 0.669. The summed E-state index contributed by atoms with van der Waals surface area (Å²) in [6, 6.07) is 6.21. The normalized spacial score (nSPS) is 12.6. The highest BCUT2D eigenvalue weighted by Crippen LogP contribution is 2.23. The number of hydrogen-bond acceptors (Lipinski definition) is 0. The molecule has 0 amide bonds. The first-order valence-corrected chi connectivity index (χ1v) is 4.66. The maximum Gasteiger partial charge on any atom is 0.0178 e. The van der Waals surface area contributed by atoms with E-state index >= 15 is 0 Å². The predicted molar refractivity (Wildman–Crippen MR) is 57.2 cm³/mol. The molecule has 1 unspecified atom stereocenters.